The maximum atomic E-state index is 12.0. The molecule has 0 atom stereocenters. The number of carbonyl (C=O) groups excluding carboxylic acids is 4. The van der Waals surface area contributed by atoms with Crippen LogP contribution in [0.2, 0.25) is 0 Å². The zero-order chi connectivity index (χ0) is 17.0. The van der Waals surface area contributed by atoms with Crippen LogP contribution in [-0.2, 0) is 20.8 Å². The molecule has 1 aromatic rings. The van der Waals surface area contributed by atoms with E-state index in [0.29, 0.717) is 17.0 Å². The van der Waals surface area contributed by atoms with Gasteiger partial charge < -0.3 is 5.32 Å². The molecule has 1 N–H and O–H groups in total. The molecule has 0 saturated carbocycles. The molecule has 122 valence electrons. The number of carbonyl (C=O) groups is 4. The first-order chi connectivity index (χ1) is 11.0. The number of anilines is 1. The molecule has 0 spiro atoms. The summed E-state index contributed by atoms with van der Waals surface area (Å²) >= 11 is 0. The molecule has 1 aliphatic heterocycles. The number of rotatable bonds is 6. The van der Waals surface area contributed by atoms with Crippen molar-refractivity contribution in [1.82, 2.24) is 9.80 Å². The van der Waals surface area contributed by atoms with Gasteiger partial charge in [-0.1, -0.05) is 26.0 Å². The smallest absolute Gasteiger partial charge is 0.325 e. The Morgan fingerprint density at radius 2 is 1.78 bits per heavy atom. The van der Waals surface area contributed by atoms with Gasteiger partial charge in [0.05, 0.1) is 0 Å². The summed E-state index contributed by atoms with van der Waals surface area (Å²) in [6, 6.07) is 6.55. The lowest BCUT2D eigenvalue weighted by Gasteiger charge is -2.14. The number of imide groups is 2. The van der Waals surface area contributed by atoms with Gasteiger partial charge in [-0.2, -0.15) is 0 Å². The van der Waals surface area contributed by atoms with E-state index in [0.717, 1.165) is 16.9 Å². The van der Waals surface area contributed by atoms with Crippen molar-refractivity contribution in [3.05, 3.63) is 29.8 Å². The molecule has 1 aliphatic rings. The number of nitrogens with zero attached hydrogens (tertiary/aromatic N) is 2. The predicted octanol–water partition coefficient (Wildman–Crippen LogP) is 1.39. The van der Waals surface area contributed by atoms with E-state index in [2.05, 4.69) is 5.32 Å². The summed E-state index contributed by atoms with van der Waals surface area (Å²) < 4.78 is 0. The summed E-state index contributed by atoms with van der Waals surface area (Å²) in [4.78, 5) is 49.2. The van der Waals surface area contributed by atoms with Crippen LogP contribution in [0.1, 0.15) is 25.8 Å². The molecule has 1 saturated heterocycles. The molecule has 5 amide bonds. The normalized spacial score (nSPS) is 14.6. The minimum atomic E-state index is -0.957. The van der Waals surface area contributed by atoms with Crippen LogP contribution in [0.25, 0.3) is 0 Å². The van der Waals surface area contributed by atoms with Crippen LogP contribution in [-0.4, -0.2) is 46.6 Å². The Morgan fingerprint density at radius 3 is 2.43 bits per heavy atom. The summed E-state index contributed by atoms with van der Waals surface area (Å²) in [5.74, 6) is -2.36. The van der Waals surface area contributed by atoms with Crippen LogP contribution in [0.15, 0.2) is 24.3 Å². The topological polar surface area (TPSA) is 86.8 Å². The summed E-state index contributed by atoms with van der Waals surface area (Å²) in [5.41, 5.74) is 1.64. The number of urea groups is 1. The summed E-state index contributed by atoms with van der Waals surface area (Å²) in [6.07, 6.45) is 1.38. The summed E-state index contributed by atoms with van der Waals surface area (Å²) in [6.45, 7) is 3.48. The second kappa shape index (κ2) is 7.04. The van der Waals surface area contributed by atoms with Crippen molar-refractivity contribution in [1.29, 1.82) is 0 Å². The van der Waals surface area contributed by atoms with Gasteiger partial charge >= 0.3 is 17.8 Å². The highest BCUT2D eigenvalue weighted by Gasteiger charge is 2.44. The predicted molar refractivity (Wildman–Crippen MR) is 83.6 cm³/mol. The molecule has 0 aliphatic carbocycles. The molecular formula is C16H19N3O4. The molecule has 0 aromatic heterocycles. The molecule has 0 unspecified atom stereocenters. The number of hydrogen-bond donors (Lipinski definition) is 1. The van der Waals surface area contributed by atoms with Crippen LogP contribution in [0, 0.1) is 0 Å². The fourth-order valence-electron chi connectivity index (χ4n) is 2.32. The Balaban J connectivity index is 2.03. The van der Waals surface area contributed by atoms with Crippen LogP contribution < -0.4 is 5.32 Å². The quantitative estimate of drug-likeness (QED) is 0.634. The summed E-state index contributed by atoms with van der Waals surface area (Å²) in [7, 11) is 0. The van der Waals surface area contributed by atoms with Gasteiger partial charge in [-0.25, -0.2) is 9.69 Å². The number of benzene rings is 1. The van der Waals surface area contributed by atoms with Crippen LogP contribution >= 0.6 is 0 Å². The van der Waals surface area contributed by atoms with Gasteiger partial charge in [-0.05, 0) is 30.5 Å². The van der Waals surface area contributed by atoms with Crippen molar-refractivity contribution in [2.75, 3.05) is 18.4 Å². The zero-order valence-corrected chi connectivity index (χ0v) is 13.2. The van der Waals surface area contributed by atoms with E-state index in [1.807, 2.05) is 25.1 Å². The van der Waals surface area contributed by atoms with Crippen LogP contribution in [0.3, 0.4) is 0 Å². The Morgan fingerprint density at radius 1 is 1.09 bits per heavy atom. The second-order valence-electron chi connectivity index (χ2n) is 5.23. The Kier molecular flexibility index (Phi) is 5.10. The number of hydrogen-bond acceptors (Lipinski definition) is 4. The van der Waals surface area contributed by atoms with Gasteiger partial charge in [0.15, 0.2) is 0 Å². The lowest BCUT2D eigenvalue weighted by atomic mass is 10.1. The first-order valence-electron chi connectivity index (χ1n) is 7.54. The van der Waals surface area contributed by atoms with Gasteiger partial charge in [0, 0.05) is 12.2 Å². The van der Waals surface area contributed by atoms with Crippen molar-refractivity contribution in [3.8, 4) is 0 Å². The van der Waals surface area contributed by atoms with Crippen molar-refractivity contribution in [2.45, 2.75) is 26.7 Å². The molecule has 1 heterocycles. The average molecular weight is 317 g/mol. The lowest BCUT2D eigenvalue weighted by Crippen LogP contribution is -2.39. The molecule has 1 fully saturated rings. The second-order valence-corrected chi connectivity index (χ2v) is 5.23. The highest BCUT2D eigenvalue weighted by Crippen LogP contribution is 2.14. The number of amides is 5. The third-order valence-electron chi connectivity index (χ3n) is 3.50. The molecule has 2 rings (SSSR count). The van der Waals surface area contributed by atoms with Crippen molar-refractivity contribution >= 4 is 29.4 Å². The fraction of sp³-hybridized carbons (Fsp3) is 0.375. The third kappa shape index (κ3) is 3.56. The van der Waals surface area contributed by atoms with E-state index in [1.165, 1.54) is 0 Å². The van der Waals surface area contributed by atoms with E-state index < -0.39 is 30.3 Å². The van der Waals surface area contributed by atoms with E-state index in [4.69, 9.17) is 0 Å². The maximum absolute atomic E-state index is 12.0. The highest BCUT2D eigenvalue weighted by atomic mass is 16.2. The lowest BCUT2D eigenvalue weighted by molar-refractivity contribution is -0.143. The van der Waals surface area contributed by atoms with E-state index >= 15 is 0 Å². The molecule has 0 radical (unpaired) electrons. The van der Waals surface area contributed by atoms with E-state index in [1.54, 1.807) is 13.0 Å². The van der Waals surface area contributed by atoms with Gasteiger partial charge in [-0.3, -0.25) is 19.3 Å². The molecule has 7 nitrogen and oxygen atoms in total. The van der Waals surface area contributed by atoms with Crippen molar-refractivity contribution in [2.24, 2.45) is 0 Å². The van der Waals surface area contributed by atoms with Gasteiger partial charge in [0.1, 0.15) is 6.54 Å². The molecule has 0 bridgehead atoms. The van der Waals surface area contributed by atoms with Crippen LogP contribution in [0.5, 0.6) is 0 Å². The first-order valence-corrected chi connectivity index (χ1v) is 7.54. The van der Waals surface area contributed by atoms with Gasteiger partial charge in [-0.15, -0.1) is 0 Å². The Bertz CT molecular complexity index is 656. The Hall–Kier alpha value is -2.70. The minimum Gasteiger partial charge on any atom is -0.325 e. The molecular weight excluding hydrogens is 298 g/mol. The third-order valence-corrected chi connectivity index (χ3v) is 3.50. The molecule has 23 heavy (non-hydrogen) atoms. The average Bonchev–Trinajstić information content (AvgIpc) is 2.73. The van der Waals surface area contributed by atoms with E-state index in [9.17, 15) is 19.2 Å². The van der Waals surface area contributed by atoms with Crippen molar-refractivity contribution in [3.63, 3.8) is 0 Å². The highest BCUT2D eigenvalue weighted by molar-refractivity contribution is 6.45. The number of aryl methyl sites for hydroxylation is 1. The minimum absolute atomic E-state index is 0.167. The SMILES string of the molecule is CCCN1C(=O)C(=O)N(CC(=O)Nc2cccc(CC)c2)C1=O. The molecule has 1 aromatic carbocycles. The largest absolute Gasteiger partial charge is 0.334 e. The number of nitrogens with one attached hydrogen (secondary N) is 1. The van der Waals surface area contributed by atoms with Crippen LogP contribution in [0.4, 0.5) is 10.5 Å². The summed E-state index contributed by atoms with van der Waals surface area (Å²) in [5, 5.41) is 2.63. The van der Waals surface area contributed by atoms with Gasteiger partial charge in [0.2, 0.25) is 5.91 Å². The molecule has 7 heteroatoms. The monoisotopic (exact) mass is 317 g/mol. The van der Waals surface area contributed by atoms with Crippen molar-refractivity contribution < 1.29 is 19.2 Å². The maximum Gasteiger partial charge on any atom is 0.334 e. The standard InChI is InChI=1S/C16H19N3O4/c1-3-8-18-14(21)15(22)19(16(18)23)10-13(20)17-12-7-5-6-11(4-2)9-12/h5-7,9H,3-4,8,10H2,1-2H3,(H,17,20). The zero-order valence-electron chi connectivity index (χ0n) is 13.2. The fourth-order valence-corrected chi connectivity index (χ4v) is 2.32. The Labute approximate surface area is 134 Å². The first kappa shape index (κ1) is 16.7. The van der Waals surface area contributed by atoms with E-state index in [-0.39, 0.29) is 6.54 Å². The van der Waals surface area contributed by atoms with Gasteiger partial charge in [0.25, 0.3) is 0 Å².